The van der Waals surface area contributed by atoms with Crippen LogP contribution < -0.4 is 16.0 Å². The van der Waals surface area contributed by atoms with E-state index in [4.69, 9.17) is 5.73 Å². The van der Waals surface area contributed by atoms with E-state index in [2.05, 4.69) is 15.2 Å². The fraction of sp³-hybridized carbons (Fsp3) is 0.286. The summed E-state index contributed by atoms with van der Waals surface area (Å²) in [5, 5.41) is 3.33. The van der Waals surface area contributed by atoms with E-state index in [0.717, 1.165) is 37.2 Å². The Labute approximate surface area is 157 Å². The molecule has 1 aromatic heterocycles. The second-order valence-electron chi connectivity index (χ2n) is 7.16. The molecule has 1 saturated heterocycles. The molecule has 27 heavy (non-hydrogen) atoms. The molecule has 0 unspecified atom stereocenters. The van der Waals surface area contributed by atoms with Crippen molar-refractivity contribution in [3.63, 3.8) is 0 Å². The summed E-state index contributed by atoms with van der Waals surface area (Å²) in [6, 6.07) is 12.7. The van der Waals surface area contributed by atoms with Gasteiger partial charge in [0.05, 0.1) is 5.52 Å². The number of carbonyl (C=O) groups excluding carboxylic acids is 1. The largest absolute Gasteiger partial charge is 0.371 e. The molecule has 1 aliphatic heterocycles. The first kappa shape index (κ1) is 17.5. The van der Waals surface area contributed by atoms with Crippen molar-refractivity contribution in [1.82, 2.24) is 4.98 Å². The van der Waals surface area contributed by atoms with Crippen LogP contribution in [0.4, 0.5) is 15.8 Å². The molecule has 1 amide bonds. The molecule has 0 aliphatic carbocycles. The third kappa shape index (κ3) is 3.53. The van der Waals surface area contributed by atoms with Crippen molar-refractivity contribution in [3.8, 4) is 0 Å². The smallest absolute Gasteiger partial charge is 0.272 e. The number of hydrogen-bond acceptors (Lipinski definition) is 3. The molecule has 4 rings (SSSR count). The molecular weight excluding hydrogens is 343 g/mol. The van der Waals surface area contributed by atoms with Gasteiger partial charge in [0.2, 0.25) is 0 Å². The maximum absolute atomic E-state index is 14.0. The van der Waals surface area contributed by atoms with Gasteiger partial charge in [0.25, 0.3) is 5.91 Å². The zero-order chi connectivity index (χ0) is 19.0. The second-order valence-corrected chi connectivity index (χ2v) is 7.16. The maximum Gasteiger partial charge on any atom is 0.272 e. The van der Waals surface area contributed by atoms with Gasteiger partial charge in [-0.15, -0.1) is 0 Å². The summed E-state index contributed by atoms with van der Waals surface area (Å²) in [6.45, 7) is 3.71. The van der Waals surface area contributed by atoms with Crippen LogP contribution in [-0.4, -0.2) is 30.0 Å². The molecule has 1 aliphatic rings. The molecule has 1 fully saturated rings. The number of H-pyrrole nitrogens is 1. The summed E-state index contributed by atoms with van der Waals surface area (Å²) in [5.41, 5.74) is 9.64. The van der Waals surface area contributed by atoms with Gasteiger partial charge in [0.15, 0.2) is 0 Å². The number of carbonyl (C=O) groups is 1. The SMILES string of the molecule is Cc1ccc(F)c2cc(C(=O)Nc3cccc(N4CCC(N)CC4)c3)[nH]c12. The van der Waals surface area contributed by atoms with Gasteiger partial charge in [0, 0.05) is 35.9 Å². The number of hydrogen-bond donors (Lipinski definition) is 3. The van der Waals surface area contributed by atoms with Gasteiger partial charge in [0.1, 0.15) is 11.5 Å². The number of nitrogens with two attached hydrogens (primary N) is 1. The Kier molecular flexibility index (Phi) is 4.58. The van der Waals surface area contributed by atoms with Crippen LogP contribution in [0.3, 0.4) is 0 Å². The Balaban J connectivity index is 1.54. The highest BCUT2D eigenvalue weighted by atomic mass is 19.1. The van der Waals surface area contributed by atoms with Crippen LogP contribution in [0.25, 0.3) is 10.9 Å². The fourth-order valence-electron chi connectivity index (χ4n) is 3.58. The summed E-state index contributed by atoms with van der Waals surface area (Å²) in [6.07, 6.45) is 1.94. The van der Waals surface area contributed by atoms with Gasteiger partial charge < -0.3 is 20.9 Å². The molecule has 6 heteroatoms. The number of amides is 1. The van der Waals surface area contributed by atoms with E-state index in [9.17, 15) is 9.18 Å². The minimum atomic E-state index is -0.337. The highest BCUT2D eigenvalue weighted by Crippen LogP contribution is 2.25. The van der Waals surface area contributed by atoms with E-state index in [1.54, 1.807) is 12.1 Å². The zero-order valence-corrected chi connectivity index (χ0v) is 15.3. The Morgan fingerprint density at radius 2 is 2.00 bits per heavy atom. The first-order valence-electron chi connectivity index (χ1n) is 9.21. The molecule has 140 valence electrons. The van der Waals surface area contributed by atoms with E-state index in [0.29, 0.717) is 22.3 Å². The van der Waals surface area contributed by atoms with E-state index >= 15 is 0 Å². The lowest BCUT2D eigenvalue weighted by atomic mass is 10.1. The molecule has 0 bridgehead atoms. The van der Waals surface area contributed by atoms with E-state index in [1.165, 1.54) is 6.07 Å². The van der Waals surface area contributed by atoms with E-state index < -0.39 is 0 Å². The summed E-state index contributed by atoms with van der Waals surface area (Å²) < 4.78 is 14.0. The van der Waals surface area contributed by atoms with Crippen molar-refractivity contribution in [3.05, 3.63) is 59.5 Å². The normalized spacial score (nSPS) is 15.3. The molecule has 5 nitrogen and oxygen atoms in total. The highest BCUT2D eigenvalue weighted by Gasteiger charge is 2.17. The molecule has 2 aromatic carbocycles. The van der Waals surface area contributed by atoms with Crippen LogP contribution in [0.2, 0.25) is 0 Å². The van der Waals surface area contributed by atoms with Crippen LogP contribution in [0.1, 0.15) is 28.9 Å². The van der Waals surface area contributed by atoms with Crippen molar-refractivity contribution in [2.75, 3.05) is 23.3 Å². The molecule has 4 N–H and O–H groups in total. The Hall–Kier alpha value is -2.86. The topological polar surface area (TPSA) is 74.2 Å². The van der Waals surface area contributed by atoms with Crippen molar-refractivity contribution in [2.45, 2.75) is 25.8 Å². The monoisotopic (exact) mass is 366 g/mol. The van der Waals surface area contributed by atoms with Gasteiger partial charge in [-0.3, -0.25) is 4.79 Å². The molecule has 0 saturated carbocycles. The fourth-order valence-corrected chi connectivity index (χ4v) is 3.58. The van der Waals surface area contributed by atoms with Crippen LogP contribution in [0.15, 0.2) is 42.5 Å². The van der Waals surface area contributed by atoms with Gasteiger partial charge in [-0.2, -0.15) is 0 Å². The van der Waals surface area contributed by atoms with E-state index in [-0.39, 0.29) is 17.8 Å². The standard InChI is InChI=1S/C21H23FN4O/c1-13-5-6-18(22)17-12-19(25-20(13)17)21(27)24-15-3-2-4-16(11-15)26-9-7-14(23)8-10-26/h2-6,11-12,14,25H,7-10,23H2,1H3,(H,24,27). The Morgan fingerprint density at radius 1 is 1.22 bits per heavy atom. The maximum atomic E-state index is 14.0. The molecular formula is C21H23FN4O. The van der Waals surface area contributed by atoms with Crippen molar-refractivity contribution in [2.24, 2.45) is 5.73 Å². The molecule has 3 aromatic rings. The van der Waals surface area contributed by atoms with E-state index in [1.807, 2.05) is 31.2 Å². The van der Waals surface area contributed by atoms with Crippen LogP contribution in [0.5, 0.6) is 0 Å². The highest BCUT2D eigenvalue weighted by molar-refractivity contribution is 6.06. The number of aromatic amines is 1. The zero-order valence-electron chi connectivity index (χ0n) is 15.3. The first-order chi connectivity index (χ1) is 13.0. The number of nitrogens with one attached hydrogen (secondary N) is 2. The third-order valence-corrected chi connectivity index (χ3v) is 5.20. The second kappa shape index (κ2) is 7.04. The first-order valence-corrected chi connectivity index (χ1v) is 9.21. The number of benzene rings is 2. The molecule has 2 heterocycles. The Bertz CT molecular complexity index is 950. The lowest BCUT2D eigenvalue weighted by Gasteiger charge is -2.32. The number of aromatic nitrogens is 1. The number of halogens is 1. The average Bonchev–Trinajstić information content (AvgIpc) is 3.13. The van der Waals surface area contributed by atoms with Crippen LogP contribution in [0, 0.1) is 12.7 Å². The summed E-state index contributed by atoms with van der Waals surface area (Å²) in [4.78, 5) is 18.0. The van der Waals surface area contributed by atoms with Crippen LogP contribution >= 0.6 is 0 Å². The van der Waals surface area contributed by atoms with Gasteiger partial charge in [-0.25, -0.2) is 4.39 Å². The predicted molar refractivity (Wildman–Crippen MR) is 107 cm³/mol. The molecule has 0 spiro atoms. The summed E-state index contributed by atoms with van der Waals surface area (Å²) in [7, 11) is 0. The quantitative estimate of drug-likeness (QED) is 0.660. The lowest BCUT2D eigenvalue weighted by Crippen LogP contribution is -2.39. The number of nitrogens with zero attached hydrogens (tertiary/aromatic N) is 1. The van der Waals surface area contributed by atoms with Crippen LogP contribution in [-0.2, 0) is 0 Å². The number of fused-ring (bicyclic) bond motifs is 1. The predicted octanol–water partition coefficient (Wildman–Crippen LogP) is 3.80. The Morgan fingerprint density at radius 3 is 2.74 bits per heavy atom. The van der Waals surface area contributed by atoms with Crippen molar-refractivity contribution >= 4 is 28.2 Å². The minimum Gasteiger partial charge on any atom is -0.371 e. The van der Waals surface area contributed by atoms with Gasteiger partial charge in [-0.05, 0) is 55.7 Å². The number of piperidine rings is 1. The number of anilines is 2. The average molecular weight is 366 g/mol. The van der Waals surface area contributed by atoms with Crippen molar-refractivity contribution in [1.29, 1.82) is 0 Å². The van der Waals surface area contributed by atoms with Gasteiger partial charge in [-0.1, -0.05) is 12.1 Å². The molecule has 0 atom stereocenters. The summed E-state index contributed by atoms with van der Waals surface area (Å²) in [5.74, 6) is -0.626. The minimum absolute atomic E-state index is 0.273. The van der Waals surface area contributed by atoms with Crippen molar-refractivity contribution < 1.29 is 9.18 Å². The third-order valence-electron chi connectivity index (χ3n) is 5.20. The van der Waals surface area contributed by atoms with Gasteiger partial charge >= 0.3 is 0 Å². The number of aryl methyl sites for hydroxylation is 1. The number of rotatable bonds is 3. The molecule has 0 radical (unpaired) electrons. The lowest BCUT2D eigenvalue weighted by molar-refractivity contribution is 0.102. The summed E-state index contributed by atoms with van der Waals surface area (Å²) >= 11 is 0.